The van der Waals surface area contributed by atoms with E-state index in [0.29, 0.717) is 17.7 Å². The first-order valence-electron chi connectivity index (χ1n) is 7.28. The normalized spacial score (nSPS) is 14.2. The van der Waals surface area contributed by atoms with E-state index in [0.717, 1.165) is 5.56 Å². The fourth-order valence-electron chi connectivity index (χ4n) is 2.56. The summed E-state index contributed by atoms with van der Waals surface area (Å²) in [5, 5.41) is 8.74. The van der Waals surface area contributed by atoms with E-state index in [1.165, 1.54) is 4.90 Å². The van der Waals surface area contributed by atoms with Crippen LogP contribution in [0, 0.1) is 0 Å². The molecule has 0 bridgehead atoms. The van der Waals surface area contributed by atoms with Crippen LogP contribution in [0.3, 0.4) is 0 Å². The smallest absolute Gasteiger partial charge is 0.305 e. The van der Waals surface area contributed by atoms with E-state index < -0.39 is 17.8 Å². The van der Waals surface area contributed by atoms with Crippen LogP contribution in [0.4, 0.5) is 0 Å². The monoisotopic (exact) mass is 333 g/mol. The lowest BCUT2D eigenvalue weighted by Gasteiger charge is -2.13. The van der Waals surface area contributed by atoms with Crippen molar-refractivity contribution in [2.45, 2.75) is 18.9 Å². The number of nitrogens with zero attached hydrogens (tertiary/aromatic N) is 2. The molecule has 0 saturated carbocycles. The predicted molar refractivity (Wildman–Crippen MR) is 86.0 cm³/mol. The van der Waals surface area contributed by atoms with Crippen LogP contribution in [0.1, 0.15) is 33.8 Å². The Morgan fingerprint density at radius 1 is 1.29 bits per heavy atom. The zero-order valence-corrected chi connectivity index (χ0v) is 12.9. The zero-order chi connectivity index (χ0) is 17.9. The number of amides is 2. The molecule has 2 amide bonds. The fourth-order valence-corrected chi connectivity index (χ4v) is 2.56. The molecule has 0 spiro atoms. The Morgan fingerprint density at radius 3 is 2.58 bits per heavy atom. The van der Waals surface area contributed by atoms with Crippen molar-refractivity contribution in [1.82, 2.24) is 4.90 Å². The number of primary amides is 1. The van der Waals surface area contributed by atoms with Crippen LogP contribution in [0.2, 0.25) is 0 Å². The molecule has 7 N–H and O–H groups in total. The third-order valence-corrected chi connectivity index (χ3v) is 3.81. The van der Waals surface area contributed by atoms with Gasteiger partial charge < -0.3 is 27.2 Å². The number of carboxylic acid groups (broad SMARTS) is 1. The van der Waals surface area contributed by atoms with Crippen molar-refractivity contribution in [3.8, 4) is 0 Å². The van der Waals surface area contributed by atoms with Crippen molar-refractivity contribution in [3.63, 3.8) is 0 Å². The highest BCUT2D eigenvalue weighted by Crippen LogP contribution is 2.27. The van der Waals surface area contributed by atoms with Gasteiger partial charge in [-0.15, -0.1) is 0 Å². The number of guanidine groups is 1. The standard InChI is InChI=1S/C15H19N5O4/c16-13(23)11(6-19-15(17)18)8-1-2-9-7-20(4-3-12(21)22)14(24)10(9)5-8/h1-2,5,11H,3-4,6-7H2,(H2,16,23)(H,21,22)(H4,17,18,19). The Hall–Kier alpha value is -3.10. The van der Waals surface area contributed by atoms with Crippen LogP contribution >= 0.6 is 0 Å². The topological polar surface area (TPSA) is 165 Å². The van der Waals surface area contributed by atoms with Crippen LogP contribution in [0.5, 0.6) is 0 Å². The van der Waals surface area contributed by atoms with Crippen LogP contribution in [0.15, 0.2) is 23.2 Å². The molecule has 1 unspecified atom stereocenters. The van der Waals surface area contributed by atoms with Gasteiger partial charge in [0.05, 0.1) is 18.9 Å². The summed E-state index contributed by atoms with van der Waals surface area (Å²) in [6.07, 6.45) is -0.124. The molecule has 9 heteroatoms. The molecule has 1 aliphatic rings. The fraction of sp³-hybridized carbons (Fsp3) is 0.333. The average molecular weight is 333 g/mol. The van der Waals surface area contributed by atoms with Crippen molar-refractivity contribution in [3.05, 3.63) is 34.9 Å². The van der Waals surface area contributed by atoms with E-state index in [-0.39, 0.29) is 31.4 Å². The molecule has 1 atom stereocenters. The maximum absolute atomic E-state index is 12.4. The lowest BCUT2D eigenvalue weighted by atomic mass is 9.95. The predicted octanol–water partition coefficient (Wildman–Crippen LogP) is -1.04. The zero-order valence-electron chi connectivity index (χ0n) is 12.9. The number of benzene rings is 1. The SMILES string of the molecule is NC(=O)C(CN=C(N)N)c1ccc2c(c1)C(=O)N(CCC(=O)O)C2. The molecule has 1 aromatic rings. The lowest BCUT2D eigenvalue weighted by Crippen LogP contribution is -2.28. The van der Waals surface area contributed by atoms with Crippen molar-refractivity contribution in [1.29, 1.82) is 0 Å². The molecule has 0 radical (unpaired) electrons. The molecule has 1 aromatic carbocycles. The van der Waals surface area contributed by atoms with E-state index in [1.807, 2.05) is 0 Å². The number of hydrogen-bond donors (Lipinski definition) is 4. The van der Waals surface area contributed by atoms with E-state index >= 15 is 0 Å². The van der Waals surface area contributed by atoms with E-state index in [2.05, 4.69) is 4.99 Å². The van der Waals surface area contributed by atoms with Crippen molar-refractivity contribution < 1.29 is 19.5 Å². The van der Waals surface area contributed by atoms with Crippen LogP contribution < -0.4 is 17.2 Å². The minimum Gasteiger partial charge on any atom is -0.481 e. The second-order valence-corrected chi connectivity index (χ2v) is 5.51. The summed E-state index contributed by atoms with van der Waals surface area (Å²) >= 11 is 0. The molecule has 128 valence electrons. The van der Waals surface area contributed by atoms with Crippen molar-refractivity contribution in [2.75, 3.05) is 13.1 Å². The molecule has 0 fully saturated rings. The Bertz CT molecular complexity index is 712. The number of aliphatic imine (C=N–C) groups is 1. The maximum atomic E-state index is 12.4. The van der Waals surface area contributed by atoms with Gasteiger partial charge in [0.15, 0.2) is 5.96 Å². The van der Waals surface area contributed by atoms with Gasteiger partial charge in [-0.1, -0.05) is 12.1 Å². The molecule has 9 nitrogen and oxygen atoms in total. The van der Waals surface area contributed by atoms with Crippen LogP contribution in [-0.2, 0) is 16.1 Å². The summed E-state index contributed by atoms with van der Waals surface area (Å²) in [6.45, 7) is 0.468. The lowest BCUT2D eigenvalue weighted by molar-refractivity contribution is -0.137. The summed E-state index contributed by atoms with van der Waals surface area (Å²) in [6, 6.07) is 5.02. The molecule has 1 aliphatic heterocycles. The van der Waals surface area contributed by atoms with Gasteiger partial charge in [0.1, 0.15) is 0 Å². The molecule has 0 saturated heterocycles. The summed E-state index contributed by atoms with van der Waals surface area (Å²) in [5.41, 5.74) is 17.7. The number of carboxylic acids is 1. The molecular formula is C15H19N5O4. The summed E-state index contributed by atoms with van der Waals surface area (Å²) in [5.74, 6) is -2.74. The second kappa shape index (κ2) is 6.99. The highest BCUT2D eigenvalue weighted by atomic mass is 16.4. The third-order valence-electron chi connectivity index (χ3n) is 3.81. The van der Waals surface area contributed by atoms with Crippen molar-refractivity contribution in [2.24, 2.45) is 22.2 Å². The van der Waals surface area contributed by atoms with Gasteiger partial charge in [-0.05, 0) is 17.2 Å². The van der Waals surface area contributed by atoms with Gasteiger partial charge in [-0.25, -0.2) is 0 Å². The van der Waals surface area contributed by atoms with Gasteiger partial charge in [-0.3, -0.25) is 19.4 Å². The first-order chi connectivity index (χ1) is 11.3. The Labute approximate surface area is 138 Å². The first-order valence-corrected chi connectivity index (χ1v) is 7.28. The summed E-state index contributed by atoms with van der Waals surface area (Å²) in [4.78, 5) is 39.9. The number of nitrogens with two attached hydrogens (primary N) is 3. The van der Waals surface area contributed by atoms with Crippen LogP contribution in [-0.4, -0.2) is 46.8 Å². The summed E-state index contributed by atoms with van der Waals surface area (Å²) < 4.78 is 0. The number of carbonyl (C=O) groups is 3. The van der Waals surface area contributed by atoms with Gasteiger partial charge in [0.2, 0.25) is 5.91 Å². The highest BCUT2D eigenvalue weighted by Gasteiger charge is 2.29. The number of hydrogen-bond acceptors (Lipinski definition) is 4. The number of rotatable bonds is 7. The van der Waals surface area contributed by atoms with Crippen LogP contribution in [0.25, 0.3) is 0 Å². The molecule has 0 aromatic heterocycles. The first kappa shape index (κ1) is 17.3. The maximum Gasteiger partial charge on any atom is 0.305 e. The van der Waals surface area contributed by atoms with Gasteiger partial charge in [-0.2, -0.15) is 0 Å². The molecule has 0 aliphatic carbocycles. The third kappa shape index (κ3) is 3.80. The quantitative estimate of drug-likeness (QED) is 0.367. The largest absolute Gasteiger partial charge is 0.481 e. The second-order valence-electron chi connectivity index (χ2n) is 5.51. The van der Waals surface area contributed by atoms with E-state index in [4.69, 9.17) is 22.3 Å². The van der Waals surface area contributed by atoms with Gasteiger partial charge in [0.25, 0.3) is 5.91 Å². The van der Waals surface area contributed by atoms with Gasteiger partial charge in [0, 0.05) is 18.7 Å². The minimum atomic E-state index is -0.967. The molecule has 1 heterocycles. The Balaban J connectivity index is 2.23. The van der Waals surface area contributed by atoms with E-state index in [1.54, 1.807) is 18.2 Å². The molecule has 24 heavy (non-hydrogen) atoms. The Kier molecular flexibility index (Phi) is 5.02. The minimum absolute atomic E-state index is 0.00658. The number of fused-ring (bicyclic) bond motifs is 1. The highest BCUT2D eigenvalue weighted by molar-refractivity contribution is 5.99. The van der Waals surface area contributed by atoms with E-state index in [9.17, 15) is 14.4 Å². The Morgan fingerprint density at radius 2 is 2.00 bits per heavy atom. The number of carbonyl (C=O) groups excluding carboxylic acids is 2. The van der Waals surface area contributed by atoms with Crippen molar-refractivity contribution >= 4 is 23.7 Å². The summed E-state index contributed by atoms with van der Waals surface area (Å²) in [7, 11) is 0. The average Bonchev–Trinajstić information content (AvgIpc) is 2.81. The van der Waals surface area contributed by atoms with Gasteiger partial charge >= 0.3 is 5.97 Å². The molecule has 2 rings (SSSR count). The number of aliphatic carboxylic acids is 1. The molecular weight excluding hydrogens is 314 g/mol.